The van der Waals surface area contributed by atoms with E-state index in [1.54, 1.807) is 31.2 Å². The van der Waals surface area contributed by atoms with E-state index in [0.29, 0.717) is 13.1 Å². The lowest BCUT2D eigenvalue weighted by Gasteiger charge is -2.07. The van der Waals surface area contributed by atoms with Crippen molar-refractivity contribution in [3.05, 3.63) is 36.4 Å². The van der Waals surface area contributed by atoms with Gasteiger partial charge in [-0.05, 0) is 24.3 Å². The maximum atomic E-state index is 11.8. The Morgan fingerprint density at radius 2 is 2.00 bits per heavy atom. The normalized spacial score (nSPS) is 11.4. The average molecular weight is 295 g/mol. The number of aromatic amines is 1. The van der Waals surface area contributed by atoms with Gasteiger partial charge in [0, 0.05) is 25.2 Å². The van der Waals surface area contributed by atoms with E-state index < -0.39 is 10.0 Å². The highest BCUT2D eigenvalue weighted by atomic mass is 32.2. The van der Waals surface area contributed by atoms with E-state index in [2.05, 4.69) is 25.2 Å². The van der Waals surface area contributed by atoms with Gasteiger partial charge in [0.2, 0.25) is 10.0 Å². The van der Waals surface area contributed by atoms with Gasteiger partial charge in [0.1, 0.15) is 12.2 Å². The molecule has 0 amide bonds. The van der Waals surface area contributed by atoms with Crippen molar-refractivity contribution in [1.29, 1.82) is 0 Å². The predicted octanol–water partition coefficient (Wildman–Crippen LogP) is 0.757. The maximum absolute atomic E-state index is 11.8. The van der Waals surface area contributed by atoms with Crippen LogP contribution in [0, 0.1) is 0 Å². The minimum absolute atomic E-state index is 0.264. The van der Waals surface area contributed by atoms with E-state index in [0.717, 1.165) is 17.9 Å². The molecule has 3 N–H and O–H groups in total. The number of anilines is 1. The van der Waals surface area contributed by atoms with Crippen molar-refractivity contribution in [2.75, 3.05) is 18.4 Å². The average Bonchev–Trinajstić information content (AvgIpc) is 2.92. The monoisotopic (exact) mass is 295 g/mol. The largest absolute Gasteiger partial charge is 0.385 e. The molecule has 0 radical (unpaired) electrons. The van der Waals surface area contributed by atoms with E-state index in [4.69, 9.17) is 0 Å². The van der Waals surface area contributed by atoms with Gasteiger partial charge in [-0.3, -0.25) is 5.10 Å². The number of hydrogen-bond donors (Lipinski definition) is 3. The Kier molecular flexibility index (Phi) is 4.70. The Balaban J connectivity index is 1.91. The van der Waals surface area contributed by atoms with Crippen molar-refractivity contribution in [1.82, 2.24) is 19.9 Å². The lowest BCUT2D eigenvalue weighted by molar-refractivity contribution is 0.584. The molecule has 108 valence electrons. The molecule has 0 unspecified atom stereocenters. The second-order valence-electron chi connectivity index (χ2n) is 4.13. The summed E-state index contributed by atoms with van der Waals surface area (Å²) in [6, 6.07) is 6.64. The van der Waals surface area contributed by atoms with Gasteiger partial charge in [-0.25, -0.2) is 18.1 Å². The molecule has 0 saturated carbocycles. The van der Waals surface area contributed by atoms with Crippen molar-refractivity contribution in [2.24, 2.45) is 0 Å². The molecule has 0 spiro atoms. The summed E-state index contributed by atoms with van der Waals surface area (Å²) in [5, 5.41) is 9.73. The SMILES string of the molecule is CCNS(=O)(=O)c1ccc(NCCc2ncn[nH]2)cc1. The van der Waals surface area contributed by atoms with Crippen molar-refractivity contribution in [3.8, 4) is 0 Å². The lowest BCUT2D eigenvalue weighted by atomic mass is 10.3. The van der Waals surface area contributed by atoms with Gasteiger partial charge in [0.25, 0.3) is 0 Å². The fourth-order valence-corrected chi connectivity index (χ4v) is 2.74. The van der Waals surface area contributed by atoms with E-state index in [1.807, 2.05) is 0 Å². The van der Waals surface area contributed by atoms with Gasteiger partial charge < -0.3 is 5.32 Å². The van der Waals surface area contributed by atoms with Crippen molar-refractivity contribution >= 4 is 15.7 Å². The fraction of sp³-hybridized carbons (Fsp3) is 0.333. The molecule has 0 aliphatic heterocycles. The molecule has 0 aliphatic carbocycles. The zero-order valence-electron chi connectivity index (χ0n) is 11.1. The molecule has 7 nitrogen and oxygen atoms in total. The van der Waals surface area contributed by atoms with Gasteiger partial charge in [0.15, 0.2) is 0 Å². The number of nitrogens with zero attached hydrogens (tertiary/aromatic N) is 2. The summed E-state index contributed by atoms with van der Waals surface area (Å²) in [4.78, 5) is 4.28. The number of aromatic nitrogens is 3. The molecule has 8 heteroatoms. The Labute approximate surface area is 117 Å². The van der Waals surface area contributed by atoms with Crippen LogP contribution in [0.4, 0.5) is 5.69 Å². The molecule has 1 aromatic heterocycles. The standard InChI is InChI=1S/C12H17N5O2S/c1-2-16-20(18,19)11-5-3-10(4-6-11)13-8-7-12-14-9-15-17-12/h3-6,9,13,16H,2,7-8H2,1H3,(H,14,15,17). The van der Waals surface area contributed by atoms with Crippen LogP contribution < -0.4 is 10.0 Å². The molecule has 2 rings (SSSR count). The van der Waals surface area contributed by atoms with Crippen LogP contribution in [0.3, 0.4) is 0 Å². The highest BCUT2D eigenvalue weighted by molar-refractivity contribution is 7.89. The molecule has 1 heterocycles. The Hall–Kier alpha value is -1.93. The van der Waals surface area contributed by atoms with E-state index in [9.17, 15) is 8.42 Å². The summed E-state index contributed by atoms with van der Waals surface area (Å²) >= 11 is 0. The molecule has 0 atom stereocenters. The van der Waals surface area contributed by atoms with Crippen molar-refractivity contribution in [2.45, 2.75) is 18.2 Å². The second-order valence-corrected chi connectivity index (χ2v) is 5.90. The van der Waals surface area contributed by atoms with Crippen LogP contribution in [-0.2, 0) is 16.4 Å². The number of H-pyrrole nitrogens is 1. The first-order valence-corrected chi connectivity index (χ1v) is 7.78. The minimum atomic E-state index is -3.38. The Morgan fingerprint density at radius 3 is 2.60 bits per heavy atom. The Bertz CT molecular complexity index is 622. The highest BCUT2D eigenvalue weighted by Crippen LogP contribution is 2.13. The molecule has 2 aromatic rings. The van der Waals surface area contributed by atoms with Gasteiger partial charge in [-0.15, -0.1) is 0 Å². The van der Waals surface area contributed by atoms with Crippen LogP contribution in [0.5, 0.6) is 0 Å². The van der Waals surface area contributed by atoms with Crippen molar-refractivity contribution < 1.29 is 8.42 Å². The third kappa shape index (κ3) is 3.78. The predicted molar refractivity (Wildman–Crippen MR) is 75.9 cm³/mol. The number of nitrogens with one attached hydrogen (secondary N) is 3. The smallest absolute Gasteiger partial charge is 0.240 e. The van der Waals surface area contributed by atoms with Gasteiger partial charge in [-0.2, -0.15) is 5.10 Å². The second kappa shape index (κ2) is 6.49. The zero-order valence-corrected chi connectivity index (χ0v) is 11.9. The van der Waals surface area contributed by atoms with Crippen LogP contribution >= 0.6 is 0 Å². The van der Waals surface area contributed by atoms with Crippen LogP contribution in [0.15, 0.2) is 35.5 Å². The summed E-state index contributed by atoms with van der Waals surface area (Å²) < 4.78 is 26.0. The highest BCUT2D eigenvalue weighted by Gasteiger charge is 2.11. The third-order valence-electron chi connectivity index (χ3n) is 2.65. The van der Waals surface area contributed by atoms with Crippen LogP contribution in [-0.4, -0.2) is 36.7 Å². The number of sulfonamides is 1. The van der Waals surface area contributed by atoms with Gasteiger partial charge in [-0.1, -0.05) is 6.92 Å². The first kappa shape index (κ1) is 14.5. The first-order valence-electron chi connectivity index (χ1n) is 6.29. The topological polar surface area (TPSA) is 99.8 Å². The molecule has 20 heavy (non-hydrogen) atoms. The van der Waals surface area contributed by atoms with Gasteiger partial charge >= 0.3 is 0 Å². The number of hydrogen-bond acceptors (Lipinski definition) is 5. The molecule has 0 saturated heterocycles. The van der Waals surface area contributed by atoms with Crippen LogP contribution in [0.2, 0.25) is 0 Å². The Morgan fingerprint density at radius 1 is 1.25 bits per heavy atom. The summed E-state index contributed by atoms with van der Waals surface area (Å²) in [6.07, 6.45) is 2.19. The number of rotatable bonds is 7. The first-order chi connectivity index (χ1) is 9.62. The third-order valence-corrected chi connectivity index (χ3v) is 4.22. The summed E-state index contributed by atoms with van der Waals surface area (Å²) in [6.45, 7) is 2.81. The molecule has 0 fully saturated rings. The quantitative estimate of drug-likeness (QED) is 0.700. The molecule has 1 aromatic carbocycles. The van der Waals surface area contributed by atoms with Crippen LogP contribution in [0.25, 0.3) is 0 Å². The van der Waals surface area contributed by atoms with E-state index in [-0.39, 0.29) is 4.90 Å². The lowest BCUT2D eigenvalue weighted by Crippen LogP contribution is -2.23. The van der Waals surface area contributed by atoms with Gasteiger partial charge in [0.05, 0.1) is 4.90 Å². The molecular weight excluding hydrogens is 278 g/mol. The maximum Gasteiger partial charge on any atom is 0.240 e. The molecule has 0 aliphatic rings. The summed E-state index contributed by atoms with van der Waals surface area (Å²) in [5.41, 5.74) is 0.861. The zero-order chi connectivity index (χ0) is 14.4. The van der Waals surface area contributed by atoms with Crippen molar-refractivity contribution in [3.63, 3.8) is 0 Å². The molecular formula is C12H17N5O2S. The summed E-state index contributed by atoms with van der Waals surface area (Å²) in [5.74, 6) is 0.809. The fourth-order valence-electron chi connectivity index (χ4n) is 1.70. The van der Waals surface area contributed by atoms with E-state index >= 15 is 0 Å². The number of benzene rings is 1. The minimum Gasteiger partial charge on any atom is -0.385 e. The molecule has 0 bridgehead atoms. The summed E-state index contributed by atoms with van der Waals surface area (Å²) in [7, 11) is -3.38. The van der Waals surface area contributed by atoms with E-state index in [1.165, 1.54) is 6.33 Å². The van der Waals surface area contributed by atoms with Crippen LogP contribution in [0.1, 0.15) is 12.7 Å².